The Hall–Kier alpha value is 0.230. The molecule has 0 aromatic carbocycles. The van der Waals surface area contributed by atoms with Gasteiger partial charge in [0.2, 0.25) is 0 Å². The van der Waals surface area contributed by atoms with Crippen LogP contribution in [0.25, 0.3) is 0 Å². The van der Waals surface area contributed by atoms with E-state index in [9.17, 15) is 0 Å². The molecule has 3 nitrogen and oxygen atoms in total. The molecule has 0 aromatic rings. The minimum absolute atomic E-state index is 0.143. The Morgan fingerprint density at radius 2 is 1.79 bits per heavy atom. The van der Waals surface area contributed by atoms with Gasteiger partial charge in [-0.25, -0.2) is 0 Å². The van der Waals surface area contributed by atoms with Gasteiger partial charge in [0.15, 0.2) is 0 Å². The Morgan fingerprint density at radius 3 is 2.37 bits per heavy atom. The maximum Gasteiger partial charge on any atom is 0.0918 e. The van der Waals surface area contributed by atoms with E-state index in [-0.39, 0.29) is 16.8 Å². The van der Waals surface area contributed by atoms with Gasteiger partial charge in [0.05, 0.1) is 36.1 Å². The van der Waals surface area contributed by atoms with E-state index in [0.29, 0.717) is 12.7 Å². The van der Waals surface area contributed by atoms with Crippen molar-refractivity contribution >= 4 is 11.8 Å². The lowest BCUT2D eigenvalue weighted by Crippen LogP contribution is -2.61. The summed E-state index contributed by atoms with van der Waals surface area (Å²) >= 11 is 1.99. The molecule has 19 heavy (non-hydrogen) atoms. The Bertz CT molecular complexity index is 313. The van der Waals surface area contributed by atoms with Crippen LogP contribution in [-0.2, 0) is 14.2 Å². The molecular formula is C15H28O3S. The minimum Gasteiger partial charge on any atom is -0.372 e. The molecule has 2 aliphatic heterocycles. The minimum atomic E-state index is -0.241. The van der Waals surface area contributed by atoms with Gasteiger partial charge < -0.3 is 14.2 Å². The molecule has 2 unspecified atom stereocenters. The lowest BCUT2D eigenvalue weighted by molar-refractivity contribution is -0.299. The number of hydrogen-bond acceptors (Lipinski definition) is 4. The summed E-state index contributed by atoms with van der Waals surface area (Å²) in [7, 11) is 0. The number of ether oxygens (including phenoxy) is 3. The molecule has 2 atom stereocenters. The molecule has 2 heterocycles. The zero-order chi connectivity index (χ0) is 14.1. The highest BCUT2D eigenvalue weighted by Gasteiger charge is 2.49. The Kier molecular flexibility index (Phi) is 4.56. The van der Waals surface area contributed by atoms with Crippen LogP contribution >= 0.6 is 11.8 Å². The van der Waals surface area contributed by atoms with Crippen molar-refractivity contribution in [3.63, 3.8) is 0 Å². The molecule has 0 aromatic heterocycles. The molecule has 2 aliphatic rings. The van der Waals surface area contributed by atoms with Crippen LogP contribution < -0.4 is 0 Å². The van der Waals surface area contributed by atoms with Crippen LogP contribution in [0.5, 0.6) is 0 Å². The summed E-state index contributed by atoms with van der Waals surface area (Å²) in [6.45, 7) is 12.3. The van der Waals surface area contributed by atoms with Gasteiger partial charge in [0, 0.05) is 5.75 Å². The summed E-state index contributed by atoms with van der Waals surface area (Å²) in [6.07, 6.45) is 2.77. The second kappa shape index (κ2) is 5.55. The third-order valence-electron chi connectivity index (χ3n) is 4.39. The maximum atomic E-state index is 6.36. The van der Waals surface area contributed by atoms with E-state index in [1.54, 1.807) is 0 Å². The van der Waals surface area contributed by atoms with Crippen LogP contribution in [0, 0.1) is 0 Å². The van der Waals surface area contributed by atoms with E-state index in [1.165, 1.54) is 12.2 Å². The largest absolute Gasteiger partial charge is 0.372 e. The molecule has 0 bridgehead atoms. The standard InChI is InChI=1S/C15H28O3S/c1-13(2)14(3,4)18-15(5,11-17-13)7-6-8-19-10-12-9-16-12/h12H,6-11H2,1-5H3. The highest BCUT2D eigenvalue weighted by Crippen LogP contribution is 2.40. The molecule has 2 fully saturated rings. The fraction of sp³-hybridized carbons (Fsp3) is 1.00. The maximum absolute atomic E-state index is 6.36. The summed E-state index contributed by atoms with van der Waals surface area (Å²) in [5, 5.41) is 0. The van der Waals surface area contributed by atoms with Gasteiger partial charge in [-0.1, -0.05) is 0 Å². The van der Waals surface area contributed by atoms with E-state index in [0.717, 1.165) is 18.8 Å². The normalized spacial score (nSPS) is 36.2. The molecule has 0 N–H and O–H groups in total. The summed E-state index contributed by atoms with van der Waals surface area (Å²) in [4.78, 5) is 0. The first-order chi connectivity index (χ1) is 8.74. The SMILES string of the molecule is CC1(CCCSCC2CO2)COC(C)(C)C(C)(C)O1. The third kappa shape index (κ3) is 4.10. The predicted molar refractivity (Wildman–Crippen MR) is 79.9 cm³/mol. The lowest BCUT2D eigenvalue weighted by atomic mass is 9.85. The topological polar surface area (TPSA) is 31.0 Å². The highest BCUT2D eigenvalue weighted by molar-refractivity contribution is 7.99. The second-order valence-corrected chi connectivity index (χ2v) is 8.14. The summed E-state index contributed by atoms with van der Waals surface area (Å²) in [5.41, 5.74) is -0.602. The van der Waals surface area contributed by atoms with Crippen molar-refractivity contribution in [1.82, 2.24) is 0 Å². The molecule has 0 amide bonds. The van der Waals surface area contributed by atoms with E-state index in [1.807, 2.05) is 11.8 Å². The predicted octanol–water partition coefficient (Wildman–Crippen LogP) is 3.26. The van der Waals surface area contributed by atoms with Gasteiger partial charge in [-0.05, 0) is 53.2 Å². The van der Waals surface area contributed by atoms with E-state index in [4.69, 9.17) is 14.2 Å². The van der Waals surface area contributed by atoms with Gasteiger partial charge in [0.1, 0.15) is 0 Å². The van der Waals surface area contributed by atoms with Crippen molar-refractivity contribution in [3.05, 3.63) is 0 Å². The summed E-state index contributed by atoms with van der Waals surface area (Å²) in [5.74, 6) is 2.33. The Balaban J connectivity index is 1.72. The molecule has 2 saturated heterocycles. The second-order valence-electron chi connectivity index (χ2n) is 7.00. The molecule has 112 valence electrons. The number of epoxide rings is 1. The first-order valence-corrected chi connectivity index (χ1v) is 8.43. The Labute approximate surface area is 121 Å². The van der Waals surface area contributed by atoms with Crippen LogP contribution in [0.15, 0.2) is 0 Å². The van der Waals surface area contributed by atoms with E-state index >= 15 is 0 Å². The van der Waals surface area contributed by atoms with Crippen LogP contribution in [0.4, 0.5) is 0 Å². The van der Waals surface area contributed by atoms with Crippen LogP contribution in [0.3, 0.4) is 0 Å². The van der Waals surface area contributed by atoms with Crippen molar-refractivity contribution in [2.75, 3.05) is 24.7 Å². The summed E-state index contributed by atoms with van der Waals surface area (Å²) < 4.78 is 17.6. The van der Waals surface area contributed by atoms with Gasteiger partial charge in [0.25, 0.3) is 0 Å². The smallest absolute Gasteiger partial charge is 0.0918 e. The van der Waals surface area contributed by atoms with E-state index in [2.05, 4.69) is 34.6 Å². The first-order valence-electron chi connectivity index (χ1n) is 7.28. The fourth-order valence-electron chi connectivity index (χ4n) is 2.33. The zero-order valence-corrected chi connectivity index (χ0v) is 13.8. The first kappa shape index (κ1) is 15.6. The molecule has 0 spiro atoms. The average molecular weight is 288 g/mol. The molecule has 4 heteroatoms. The third-order valence-corrected chi connectivity index (χ3v) is 5.58. The Morgan fingerprint density at radius 1 is 1.11 bits per heavy atom. The van der Waals surface area contributed by atoms with Crippen molar-refractivity contribution in [2.45, 2.75) is 70.4 Å². The van der Waals surface area contributed by atoms with Crippen LogP contribution in [-0.4, -0.2) is 47.6 Å². The number of rotatable bonds is 6. The van der Waals surface area contributed by atoms with E-state index < -0.39 is 0 Å². The monoisotopic (exact) mass is 288 g/mol. The van der Waals surface area contributed by atoms with Crippen molar-refractivity contribution in [1.29, 1.82) is 0 Å². The zero-order valence-electron chi connectivity index (χ0n) is 13.0. The van der Waals surface area contributed by atoms with Crippen LogP contribution in [0.2, 0.25) is 0 Å². The molecule has 0 aliphatic carbocycles. The quantitative estimate of drug-likeness (QED) is 0.554. The molecule has 2 rings (SSSR count). The number of hydrogen-bond donors (Lipinski definition) is 0. The lowest BCUT2D eigenvalue weighted by Gasteiger charge is -2.52. The van der Waals surface area contributed by atoms with Gasteiger partial charge in [-0.15, -0.1) is 0 Å². The van der Waals surface area contributed by atoms with Gasteiger partial charge in [-0.2, -0.15) is 11.8 Å². The van der Waals surface area contributed by atoms with Gasteiger partial charge >= 0.3 is 0 Å². The summed E-state index contributed by atoms with van der Waals surface area (Å²) in [6, 6.07) is 0. The highest BCUT2D eigenvalue weighted by atomic mass is 32.2. The number of thioether (sulfide) groups is 1. The molecule has 0 radical (unpaired) electrons. The van der Waals surface area contributed by atoms with Crippen molar-refractivity contribution in [2.24, 2.45) is 0 Å². The fourth-order valence-corrected chi connectivity index (χ4v) is 3.30. The van der Waals surface area contributed by atoms with Crippen LogP contribution in [0.1, 0.15) is 47.5 Å². The average Bonchev–Trinajstić information content (AvgIpc) is 3.08. The molecular weight excluding hydrogens is 260 g/mol. The van der Waals surface area contributed by atoms with Gasteiger partial charge in [-0.3, -0.25) is 0 Å². The van der Waals surface area contributed by atoms with Crippen molar-refractivity contribution in [3.8, 4) is 0 Å². The molecule has 0 saturated carbocycles. The van der Waals surface area contributed by atoms with Crippen molar-refractivity contribution < 1.29 is 14.2 Å².